The molecular formula is C24H30N2O3S. The van der Waals surface area contributed by atoms with Crippen LogP contribution in [-0.2, 0) is 5.41 Å². The number of carbonyl (C=O) groups excluding carboxylic acids is 1. The van der Waals surface area contributed by atoms with Crippen LogP contribution in [-0.4, -0.2) is 34.3 Å². The molecule has 0 bridgehead atoms. The highest BCUT2D eigenvalue weighted by Crippen LogP contribution is 2.54. The average molecular weight is 427 g/mol. The molecule has 30 heavy (non-hydrogen) atoms. The summed E-state index contributed by atoms with van der Waals surface area (Å²) in [5.74, 6) is 0.582. The predicted molar refractivity (Wildman–Crippen MR) is 128 cm³/mol. The second-order valence-electron chi connectivity index (χ2n) is 8.97. The van der Waals surface area contributed by atoms with Crippen molar-refractivity contribution in [1.29, 1.82) is 0 Å². The van der Waals surface area contributed by atoms with E-state index in [9.17, 15) is 14.7 Å². The standard InChI is InChI=1S/C24H30N2O3S/c1-7-30(5,6)21-12-17(24(2,3)4)20(27)13-19(21)26-23(29)16-14-25-18-11-9-8-10-15(18)22(16)28/h8-14,27H,7H2,1-6H3,(H,25,28)(H,26,29). The van der Waals surface area contributed by atoms with E-state index < -0.39 is 15.9 Å². The number of phenols is 1. The molecule has 0 atom stereocenters. The number of pyridine rings is 1. The number of aromatic amines is 1. The molecule has 0 unspecified atom stereocenters. The van der Waals surface area contributed by atoms with Crippen LogP contribution in [0.4, 0.5) is 5.69 Å². The third-order valence-corrected chi connectivity index (χ3v) is 8.48. The van der Waals surface area contributed by atoms with Gasteiger partial charge in [-0.05, 0) is 41.9 Å². The Bertz CT molecular complexity index is 1170. The molecule has 0 saturated carbocycles. The van der Waals surface area contributed by atoms with Crippen molar-refractivity contribution in [2.24, 2.45) is 0 Å². The lowest BCUT2D eigenvalue weighted by Gasteiger charge is -2.34. The van der Waals surface area contributed by atoms with Crippen molar-refractivity contribution >= 4 is 32.5 Å². The van der Waals surface area contributed by atoms with Crippen molar-refractivity contribution in [1.82, 2.24) is 4.98 Å². The number of phenolic OH excluding ortho intramolecular Hbond substituents is 1. The average Bonchev–Trinajstić information content (AvgIpc) is 2.67. The minimum absolute atomic E-state index is 0.0448. The molecule has 6 heteroatoms. The molecule has 0 fully saturated rings. The van der Waals surface area contributed by atoms with Crippen LogP contribution in [0.25, 0.3) is 10.9 Å². The number of hydrogen-bond acceptors (Lipinski definition) is 3. The molecule has 0 aliphatic heterocycles. The van der Waals surface area contributed by atoms with Crippen molar-refractivity contribution in [2.45, 2.75) is 38.0 Å². The molecule has 0 spiro atoms. The SMILES string of the molecule is CCS(C)(C)c1cc(C(C)(C)C)c(O)cc1NC(=O)c1c[nH]c2ccccc2c1=O. The molecule has 0 aliphatic carbocycles. The number of carbonyl (C=O) groups is 1. The summed E-state index contributed by atoms with van der Waals surface area (Å²) in [6, 6.07) is 10.7. The quantitative estimate of drug-likeness (QED) is 0.534. The van der Waals surface area contributed by atoms with Gasteiger partial charge in [0.05, 0.1) is 5.69 Å². The van der Waals surface area contributed by atoms with Crippen molar-refractivity contribution in [3.8, 4) is 5.75 Å². The number of para-hydroxylation sites is 1. The van der Waals surface area contributed by atoms with Crippen LogP contribution in [0.3, 0.4) is 0 Å². The van der Waals surface area contributed by atoms with Crippen molar-refractivity contribution in [3.63, 3.8) is 0 Å². The minimum atomic E-state index is -1.21. The lowest BCUT2D eigenvalue weighted by Crippen LogP contribution is -2.23. The van der Waals surface area contributed by atoms with Gasteiger partial charge in [0, 0.05) is 33.6 Å². The fourth-order valence-corrected chi connectivity index (χ4v) is 4.86. The topological polar surface area (TPSA) is 82.2 Å². The van der Waals surface area contributed by atoms with Gasteiger partial charge in [-0.15, -0.1) is 0 Å². The maximum absolute atomic E-state index is 13.0. The number of benzene rings is 2. The number of rotatable bonds is 4. The van der Waals surface area contributed by atoms with Gasteiger partial charge in [0.25, 0.3) is 5.91 Å². The molecular weight excluding hydrogens is 396 g/mol. The molecule has 0 saturated heterocycles. The Kier molecular flexibility index (Phi) is 5.74. The van der Waals surface area contributed by atoms with E-state index in [-0.39, 0.29) is 22.2 Å². The Hall–Kier alpha value is -2.73. The van der Waals surface area contributed by atoms with Gasteiger partial charge in [0.2, 0.25) is 5.43 Å². The first-order chi connectivity index (χ1) is 14.0. The first kappa shape index (κ1) is 22.0. The van der Waals surface area contributed by atoms with Crippen LogP contribution in [0.15, 0.2) is 52.3 Å². The summed E-state index contributed by atoms with van der Waals surface area (Å²) < 4.78 is 0. The number of fused-ring (bicyclic) bond motifs is 1. The van der Waals surface area contributed by atoms with Crippen LogP contribution in [0.2, 0.25) is 0 Å². The lowest BCUT2D eigenvalue weighted by molar-refractivity contribution is 0.102. The van der Waals surface area contributed by atoms with Crippen LogP contribution >= 0.6 is 10.0 Å². The van der Waals surface area contributed by atoms with E-state index in [1.165, 1.54) is 6.20 Å². The lowest BCUT2D eigenvalue weighted by atomic mass is 9.86. The number of anilines is 1. The zero-order valence-electron chi connectivity index (χ0n) is 18.4. The number of nitrogens with one attached hydrogen (secondary N) is 2. The summed E-state index contributed by atoms with van der Waals surface area (Å²) in [5.41, 5.74) is 1.57. The number of hydrogen-bond donors (Lipinski definition) is 3. The molecule has 160 valence electrons. The summed E-state index contributed by atoms with van der Waals surface area (Å²) in [7, 11) is -1.21. The summed E-state index contributed by atoms with van der Waals surface area (Å²) in [6.45, 7) is 8.27. The normalized spacial score (nSPS) is 12.7. The van der Waals surface area contributed by atoms with E-state index in [0.717, 1.165) is 16.2 Å². The van der Waals surface area contributed by atoms with Crippen molar-refractivity contribution in [2.75, 3.05) is 23.6 Å². The largest absolute Gasteiger partial charge is 0.508 e. The molecule has 1 amide bonds. The van der Waals surface area contributed by atoms with E-state index >= 15 is 0 Å². The summed E-state index contributed by atoms with van der Waals surface area (Å²) >= 11 is 0. The Balaban J connectivity index is 2.10. The second-order valence-corrected chi connectivity index (χ2v) is 13.1. The number of aromatic hydroxyl groups is 1. The molecule has 1 aromatic heterocycles. The Morgan fingerprint density at radius 2 is 1.83 bits per heavy atom. The number of H-pyrrole nitrogens is 1. The molecule has 2 aromatic carbocycles. The maximum Gasteiger partial charge on any atom is 0.261 e. The van der Waals surface area contributed by atoms with Gasteiger partial charge in [-0.25, -0.2) is 10.0 Å². The van der Waals surface area contributed by atoms with E-state index in [1.54, 1.807) is 24.3 Å². The van der Waals surface area contributed by atoms with Gasteiger partial charge < -0.3 is 15.4 Å². The number of aromatic nitrogens is 1. The Morgan fingerprint density at radius 1 is 1.17 bits per heavy atom. The highest BCUT2D eigenvalue weighted by Gasteiger charge is 2.26. The van der Waals surface area contributed by atoms with Crippen LogP contribution in [0.5, 0.6) is 5.75 Å². The van der Waals surface area contributed by atoms with E-state index in [0.29, 0.717) is 16.6 Å². The Labute approximate surface area is 178 Å². The first-order valence-electron chi connectivity index (χ1n) is 9.96. The molecule has 1 heterocycles. The molecule has 3 rings (SSSR count). The third kappa shape index (κ3) is 4.10. The second kappa shape index (κ2) is 7.84. The van der Waals surface area contributed by atoms with E-state index in [1.807, 2.05) is 32.9 Å². The fraction of sp³-hybridized carbons (Fsp3) is 0.333. The third-order valence-electron chi connectivity index (χ3n) is 5.50. The highest BCUT2D eigenvalue weighted by atomic mass is 32.3. The van der Waals surface area contributed by atoms with Gasteiger partial charge >= 0.3 is 0 Å². The van der Waals surface area contributed by atoms with Crippen LogP contribution in [0.1, 0.15) is 43.6 Å². The monoisotopic (exact) mass is 426 g/mol. The predicted octanol–water partition coefficient (Wildman–Crippen LogP) is 5.23. The van der Waals surface area contributed by atoms with E-state index in [4.69, 9.17) is 0 Å². The van der Waals surface area contributed by atoms with Gasteiger partial charge in [-0.1, -0.05) is 39.8 Å². The first-order valence-corrected chi connectivity index (χ1v) is 12.6. The zero-order valence-corrected chi connectivity index (χ0v) is 19.2. The van der Waals surface area contributed by atoms with Gasteiger partial charge in [-0.2, -0.15) is 0 Å². The zero-order chi connectivity index (χ0) is 22.3. The van der Waals surface area contributed by atoms with Gasteiger partial charge in [-0.3, -0.25) is 9.59 Å². The molecule has 3 aromatic rings. The molecule has 0 aliphatic rings. The maximum atomic E-state index is 13.0. The van der Waals surface area contributed by atoms with E-state index in [2.05, 4.69) is 29.7 Å². The van der Waals surface area contributed by atoms with Crippen LogP contribution < -0.4 is 10.7 Å². The van der Waals surface area contributed by atoms with Gasteiger partial charge in [0.15, 0.2) is 0 Å². The molecule has 0 radical (unpaired) electrons. The van der Waals surface area contributed by atoms with Crippen molar-refractivity contribution in [3.05, 3.63) is 63.9 Å². The molecule has 5 nitrogen and oxygen atoms in total. The summed E-state index contributed by atoms with van der Waals surface area (Å²) in [6.07, 6.45) is 5.81. The molecule has 3 N–H and O–H groups in total. The fourth-order valence-electron chi connectivity index (χ4n) is 3.41. The smallest absolute Gasteiger partial charge is 0.261 e. The Morgan fingerprint density at radius 3 is 2.47 bits per heavy atom. The van der Waals surface area contributed by atoms with Gasteiger partial charge in [0.1, 0.15) is 11.3 Å². The highest BCUT2D eigenvalue weighted by molar-refractivity contribution is 8.32. The van der Waals surface area contributed by atoms with Crippen LogP contribution in [0, 0.1) is 0 Å². The van der Waals surface area contributed by atoms with Crippen molar-refractivity contribution < 1.29 is 9.90 Å². The summed E-state index contributed by atoms with van der Waals surface area (Å²) in [4.78, 5) is 29.9. The number of amides is 1. The minimum Gasteiger partial charge on any atom is -0.508 e. The summed E-state index contributed by atoms with van der Waals surface area (Å²) in [5, 5.41) is 14.0.